The van der Waals surface area contributed by atoms with Crippen LogP contribution < -0.4 is 4.90 Å². The molecule has 0 bridgehead atoms. The van der Waals surface area contributed by atoms with Gasteiger partial charge in [-0.2, -0.15) is 0 Å². The SMILES string of the molecule is O=C(C1CCCN(c2ccnc3ccc(F)cc23)C1)N1CCN(C(=O)C2CCCO2)CC1. The van der Waals surface area contributed by atoms with Crippen LogP contribution in [0.3, 0.4) is 0 Å². The Morgan fingerprint density at radius 3 is 2.50 bits per heavy atom. The van der Waals surface area contributed by atoms with Crippen LogP contribution >= 0.6 is 0 Å². The summed E-state index contributed by atoms with van der Waals surface area (Å²) in [4.78, 5) is 36.1. The molecule has 0 N–H and O–H groups in total. The van der Waals surface area contributed by atoms with E-state index in [-0.39, 0.29) is 29.7 Å². The molecule has 32 heavy (non-hydrogen) atoms. The first-order valence-corrected chi connectivity index (χ1v) is 11.6. The summed E-state index contributed by atoms with van der Waals surface area (Å²) < 4.78 is 19.4. The van der Waals surface area contributed by atoms with Crippen LogP contribution in [0.4, 0.5) is 10.1 Å². The number of carbonyl (C=O) groups is 2. The fourth-order valence-electron chi connectivity index (χ4n) is 5.16. The third-order valence-corrected chi connectivity index (χ3v) is 6.90. The molecular formula is C24H29FN4O3. The highest BCUT2D eigenvalue weighted by Gasteiger charge is 2.34. The molecule has 3 aliphatic rings. The minimum atomic E-state index is -0.302. The van der Waals surface area contributed by atoms with Crippen LogP contribution in [-0.4, -0.2) is 78.6 Å². The number of aromatic nitrogens is 1. The minimum Gasteiger partial charge on any atom is -0.370 e. The molecule has 170 valence electrons. The van der Waals surface area contributed by atoms with Crippen molar-refractivity contribution in [2.24, 2.45) is 5.92 Å². The van der Waals surface area contributed by atoms with Gasteiger partial charge in [-0.3, -0.25) is 14.6 Å². The number of carbonyl (C=O) groups excluding carboxylic acids is 2. The van der Waals surface area contributed by atoms with Gasteiger partial charge in [-0.25, -0.2) is 4.39 Å². The van der Waals surface area contributed by atoms with E-state index in [1.807, 2.05) is 15.9 Å². The van der Waals surface area contributed by atoms with Gasteiger partial charge in [0.25, 0.3) is 5.91 Å². The standard InChI is InChI=1S/C24H29FN4O3/c25-18-5-6-20-19(15-18)21(7-8-26-20)29-9-1-3-17(16-29)23(30)27-10-12-28(13-11-27)24(31)22-4-2-14-32-22/h5-8,15,17,22H,1-4,9-14,16H2. The Labute approximate surface area is 187 Å². The van der Waals surface area contributed by atoms with Crippen molar-refractivity contribution in [2.75, 3.05) is 50.8 Å². The maximum Gasteiger partial charge on any atom is 0.251 e. The van der Waals surface area contributed by atoms with Crippen LogP contribution in [0, 0.1) is 11.7 Å². The van der Waals surface area contributed by atoms with Gasteiger partial charge in [0.1, 0.15) is 11.9 Å². The van der Waals surface area contributed by atoms with E-state index in [1.165, 1.54) is 12.1 Å². The van der Waals surface area contributed by atoms with Crippen LogP contribution in [0.2, 0.25) is 0 Å². The quantitative estimate of drug-likeness (QED) is 0.734. The second-order valence-corrected chi connectivity index (χ2v) is 8.93. The van der Waals surface area contributed by atoms with Crippen LogP contribution in [0.15, 0.2) is 30.5 Å². The topological polar surface area (TPSA) is 66.0 Å². The van der Waals surface area contributed by atoms with Crippen molar-refractivity contribution in [2.45, 2.75) is 31.8 Å². The maximum absolute atomic E-state index is 13.9. The molecule has 3 aliphatic heterocycles. The van der Waals surface area contributed by atoms with Crippen molar-refractivity contribution >= 4 is 28.4 Å². The lowest BCUT2D eigenvalue weighted by atomic mass is 9.95. The van der Waals surface area contributed by atoms with Crippen LogP contribution in [-0.2, 0) is 14.3 Å². The molecule has 0 aliphatic carbocycles. The summed E-state index contributed by atoms with van der Waals surface area (Å²) in [5.41, 5.74) is 1.68. The summed E-state index contributed by atoms with van der Waals surface area (Å²) in [5, 5.41) is 0.779. The number of piperidine rings is 1. The van der Waals surface area contributed by atoms with Gasteiger partial charge in [0.15, 0.2) is 0 Å². The average molecular weight is 441 g/mol. The molecule has 1 aromatic carbocycles. The molecule has 8 heteroatoms. The van der Waals surface area contributed by atoms with Crippen molar-refractivity contribution < 1.29 is 18.7 Å². The monoisotopic (exact) mass is 440 g/mol. The van der Waals surface area contributed by atoms with Gasteiger partial charge >= 0.3 is 0 Å². The van der Waals surface area contributed by atoms with E-state index in [0.29, 0.717) is 39.3 Å². The lowest BCUT2D eigenvalue weighted by molar-refractivity contribution is -0.147. The molecule has 7 nitrogen and oxygen atoms in total. The third-order valence-electron chi connectivity index (χ3n) is 6.90. The average Bonchev–Trinajstić information content (AvgIpc) is 3.38. The van der Waals surface area contributed by atoms with Crippen LogP contribution in [0.1, 0.15) is 25.7 Å². The van der Waals surface area contributed by atoms with Gasteiger partial charge in [-0.15, -0.1) is 0 Å². The number of nitrogens with zero attached hydrogens (tertiary/aromatic N) is 4. The molecule has 4 heterocycles. The Hall–Kier alpha value is -2.74. The molecule has 2 amide bonds. The van der Waals surface area contributed by atoms with Crippen molar-refractivity contribution in [3.8, 4) is 0 Å². The van der Waals surface area contributed by atoms with Crippen molar-refractivity contribution in [1.82, 2.24) is 14.8 Å². The molecule has 1 aromatic heterocycles. The van der Waals surface area contributed by atoms with E-state index in [0.717, 1.165) is 48.8 Å². The first-order valence-electron chi connectivity index (χ1n) is 11.6. The fraction of sp³-hybridized carbons (Fsp3) is 0.542. The molecule has 0 spiro atoms. The number of fused-ring (bicyclic) bond motifs is 1. The number of pyridine rings is 1. The number of hydrogen-bond acceptors (Lipinski definition) is 5. The van der Waals surface area contributed by atoms with Crippen molar-refractivity contribution in [3.05, 3.63) is 36.3 Å². The van der Waals surface area contributed by atoms with E-state index in [9.17, 15) is 14.0 Å². The van der Waals surface area contributed by atoms with E-state index in [1.54, 1.807) is 12.3 Å². The molecule has 5 rings (SSSR count). The molecular weight excluding hydrogens is 411 g/mol. The van der Waals surface area contributed by atoms with E-state index in [4.69, 9.17) is 4.74 Å². The Balaban J connectivity index is 1.23. The molecule has 3 fully saturated rings. The summed E-state index contributed by atoms with van der Waals surface area (Å²) in [6.07, 6.45) is 4.93. The van der Waals surface area contributed by atoms with Gasteiger partial charge in [0.2, 0.25) is 5.91 Å². The Bertz CT molecular complexity index is 1000. The van der Waals surface area contributed by atoms with Gasteiger partial charge in [0.05, 0.1) is 11.4 Å². The number of ether oxygens (including phenoxy) is 1. The summed E-state index contributed by atoms with van der Waals surface area (Å²) in [6, 6.07) is 6.54. The second kappa shape index (κ2) is 9.02. The molecule has 3 saturated heterocycles. The fourth-order valence-corrected chi connectivity index (χ4v) is 5.16. The van der Waals surface area contributed by atoms with Crippen LogP contribution in [0.5, 0.6) is 0 Å². The molecule has 2 aromatic rings. The highest BCUT2D eigenvalue weighted by molar-refractivity contribution is 5.92. The number of anilines is 1. The normalized spacial score (nSPS) is 24.2. The summed E-state index contributed by atoms with van der Waals surface area (Å²) in [7, 11) is 0. The molecule has 0 saturated carbocycles. The smallest absolute Gasteiger partial charge is 0.251 e. The lowest BCUT2D eigenvalue weighted by Gasteiger charge is -2.40. The lowest BCUT2D eigenvalue weighted by Crippen LogP contribution is -2.55. The maximum atomic E-state index is 13.9. The zero-order valence-electron chi connectivity index (χ0n) is 18.2. The first kappa shape index (κ1) is 21.1. The predicted molar refractivity (Wildman–Crippen MR) is 119 cm³/mol. The Morgan fingerprint density at radius 2 is 1.75 bits per heavy atom. The van der Waals surface area contributed by atoms with Gasteiger partial charge in [0, 0.05) is 63.1 Å². The van der Waals surface area contributed by atoms with Crippen LogP contribution in [0.25, 0.3) is 10.9 Å². The van der Waals surface area contributed by atoms with Gasteiger partial charge in [-0.1, -0.05) is 0 Å². The minimum absolute atomic E-state index is 0.0650. The number of piperazine rings is 1. The molecule has 2 unspecified atom stereocenters. The van der Waals surface area contributed by atoms with E-state index in [2.05, 4.69) is 9.88 Å². The highest BCUT2D eigenvalue weighted by atomic mass is 19.1. The third kappa shape index (κ3) is 4.16. The Morgan fingerprint density at radius 1 is 0.969 bits per heavy atom. The second-order valence-electron chi connectivity index (χ2n) is 8.93. The number of rotatable bonds is 3. The zero-order chi connectivity index (χ0) is 22.1. The summed E-state index contributed by atoms with van der Waals surface area (Å²) >= 11 is 0. The predicted octanol–water partition coefficient (Wildman–Crippen LogP) is 2.44. The summed E-state index contributed by atoms with van der Waals surface area (Å²) in [5.74, 6) is -0.161. The first-order chi connectivity index (χ1) is 15.6. The van der Waals surface area contributed by atoms with Gasteiger partial charge in [-0.05, 0) is 49.9 Å². The largest absolute Gasteiger partial charge is 0.370 e. The van der Waals surface area contributed by atoms with Crippen molar-refractivity contribution in [3.63, 3.8) is 0 Å². The number of halogens is 1. The van der Waals surface area contributed by atoms with Gasteiger partial charge < -0.3 is 19.4 Å². The zero-order valence-corrected chi connectivity index (χ0v) is 18.2. The highest BCUT2D eigenvalue weighted by Crippen LogP contribution is 2.30. The number of benzene rings is 1. The summed E-state index contributed by atoms with van der Waals surface area (Å²) in [6.45, 7) is 4.37. The van der Waals surface area contributed by atoms with E-state index >= 15 is 0 Å². The van der Waals surface area contributed by atoms with E-state index < -0.39 is 0 Å². The van der Waals surface area contributed by atoms with Crippen molar-refractivity contribution in [1.29, 1.82) is 0 Å². The molecule has 0 radical (unpaired) electrons. The Kier molecular flexibility index (Phi) is 5.95. The number of hydrogen-bond donors (Lipinski definition) is 0. The number of amides is 2. The molecule has 2 atom stereocenters.